The van der Waals surface area contributed by atoms with Crippen LogP contribution >= 0.6 is 0 Å². The van der Waals surface area contributed by atoms with Crippen molar-refractivity contribution in [2.75, 3.05) is 0 Å². The average Bonchev–Trinajstić information content (AvgIpc) is 1.88. The minimum absolute atomic E-state index is 1.30. The summed E-state index contributed by atoms with van der Waals surface area (Å²) in [5.74, 6) is 0. The van der Waals surface area contributed by atoms with Crippen LogP contribution in [0, 0.1) is 0 Å². The molecule has 2 heteroatoms. The first-order chi connectivity index (χ1) is 5.18. The molecule has 11 heavy (non-hydrogen) atoms. The Balaban J connectivity index is 3.79. The predicted molar refractivity (Wildman–Crippen MR) is 55.2 cm³/mol. The number of nitrogens with two attached hydrogens (primary N) is 1. The van der Waals surface area contributed by atoms with Gasteiger partial charge in [0.1, 0.15) is 0 Å². The van der Waals surface area contributed by atoms with Crippen LogP contribution in [-0.2, 0) is 0 Å². The maximum atomic E-state index is 6.40. The molecule has 0 unspecified atom stereocenters. The van der Waals surface area contributed by atoms with Crippen LogP contribution in [0.3, 0.4) is 0 Å². The second kappa shape index (κ2) is 6.08. The Labute approximate surface area is 74.4 Å². The number of rotatable bonds is 6. The van der Waals surface area contributed by atoms with Gasteiger partial charge < -0.3 is 0 Å². The molecule has 1 nitrogen and oxygen atoms in total. The number of hydrogen-bond donors (Lipinski definition) is 1. The van der Waals surface area contributed by atoms with Gasteiger partial charge in [0.2, 0.25) is 0 Å². The van der Waals surface area contributed by atoms with Crippen LogP contribution in [0.2, 0.25) is 15.6 Å². The Morgan fingerprint density at radius 1 is 0.818 bits per heavy atom. The third-order valence-corrected chi connectivity index (χ3v) is 10.4. The van der Waals surface area contributed by atoms with Crippen molar-refractivity contribution in [2.24, 2.45) is 4.65 Å². The Morgan fingerprint density at radius 2 is 1.09 bits per heavy atom. The molecule has 0 heterocycles. The Hall–Kier alpha value is 0.518. The summed E-state index contributed by atoms with van der Waals surface area (Å²) in [4.78, 5) is 0. The molecule has 0 aliphatic rings. The molecule has 0 amide bonds. The fourth-order valence-electron chi connectivity index (χ4n) is 1.67. The van der Waals surface area contributed by atoms with Crippen LogP contribution in [0.25, 0.3) is 0 Å². The molecule has 0 aliphatic heterocycles. The van der Waals surface area contributed by atoms with Crippen molar-refractivity contribution in [3.05, 3.63) is 0 Å². The standard InChI is InChI=1S/C9H23AsN/c1-4-7-10(11,8-5-2)9-6-3/h4-9,11H2,1-3H3. The Bertz CT molecular complexity index is 76.5. The SMILES string of the molecule is CCC[As](N)(CCC)CCC. The molecule has 0 fully saturated rings. The second-order valence-electron chi connectivity index (χ2n) is 3.39. The van der Waals surface area contributed by atoms with Crippen molar-refractivity contribution in [3.63, 3.8) is 0 Å². The van der Waals surface area contributed by atoms with E-state index in [9.17, 15) is 0 Å². The van der Waals surface area contributed by atoms with Gasteiger partial charge in [-0.25, -0.2) is 0 Å². The van der Waals surface area contributed by atoms with E-state index in [0.29, 0.717) is 0 Å². The van der Waals surface area contributed by atoms with Gasteiger partial charge in [-0.15, -0.1) is 0 Å². The minimum atomic E-state index is -1.58. The number of hydrogen-bond acceptors (Lipinski definition) is 1. The van der Waals surface area contributed by atoms with E-state index in [2.05, 4.69) is 20.8 Å². The second-order valence-corrected chi connectivity index (χ2v) is 11.3. The van der Waals surface area contributed by atoms with Crippen LogP contribution in [0.15, 0.2) is 0 Å². The van der Waals surface area contributed by atoms with Gasteiger partial charge in [0, 0.05) is 0 Å². The summed E-state index contributed by atoms with van der Waals surface area (Å²) in [6, 6.07) is 0. The van der Waals surface area contributed by atoms with Gasteiger partial charge >= 0.3 is 74.1 Å². The summed E-state index contributed by atoms with van der Waals surface area (Å²) in [7, 11) is 0. The van der Waals surface area contributed by atoms with Crippen LogP contribution in [-0.4, -0.2) is 13.8 Å². The molecule has 0 spiro atoms. The predicted octanol–water partition coefficient (Wildman–Crippen LogP) is 3.12. The summed E-state index contributed by atoms with van der Waals surface area (Å²) in [6.45, 7) is 6.77. The monoisotopic (exact) mass is 220 g/mol. The zero-order valence-electron chi connectivity index (χ0n) is 8.27. The van der Waals surface area contributed by atoms with E-state index < -0.39 is 13.8 Å². The van der Waals surface area contributed by atoms with E-state index in [0.717, 1.165) is 0 Å². The van der Waals surface area contributed by atoms with Crippen molar-refractivity contribution in [1.29, 1.82) is 0 Å². The topological polar surface area (TPSA) is 26.0 Å². The summed E-state index contributed by atoms with van der Waals surface area (Å²) in [5.41, 5.74) is 0. The van der Waals surface area contributed by atoms with E-state index in [-0.39, 0.29) is 0 Å². The molecule has 0 saturated heterocycles. The quantitative estimate of drug-likeness (QED) is 0.684. The van der Waals surface area contributed by atoms with Gasteiger partial charge in [-0.05, 0) is 0 Å². The van der Waals surface area contributed by atoms with E-state index in [1.54, 1.807) is 0 Å². The zero-order chi connectivity index (χ0) is 8.74. The molecule has 0 bridgehead atoms. The Morgan fingerprint density at radius 3 is 1.27 bits per heavy atom. The van der Waals surface area contributed by atoms with Crippen LogP contribution in [0.1, 0.15) is 40.0 Å². The van der Waals surface area contributed by atoms with Gasteiger partial charge in [-0.2, -0.15) is 0 Å². The van der Waals surface area contributed by atoms with E-state index in [1.807, 2.05) is 0 Å². The molecule has 0 aromatic carbocycles. The van der Waals surface area contributed by atoms with E-state index in [4.69, 9.17) is 4.65 Å². The fourth-order valence-corrected chi connectivity index (χ4v) is 8.68. The zero-order valence-corrected chi connectivity index (χ0v) is 10.1. The maximum absolute atomic E-state index is 6.40. The summed E-state index contributed by atoms with van der Waals surface area (Å²) in [6.07, 6.45) is 3.89. The molecule has 0 rings (SSSR count). The first-order valence-electron chi connectivity index (χ1n) is 4.83. The van der Waals surface area contributed by atoms with Gasteiger partial charge in [0.05, 0.1) is 0 Å². The van der Waals surface area contributed by atoms with Gasteiger partial charge in [-0.3, -0.25) is 0 Å². The third-order valence-electron chi connectivity index (χ3n) is 2.01. The van der Waals surface area contributed by atoms with E-state index >= 15 is 0 Å². The average molecular weight is 220 g/mol. The van der Waals surface area contributed by atoms with Crippen molar-refractivity contribution in [2.45, 2.75) is 55.7 Å². The summed E-state index contributed by atoms with van der Waals surface area (Å²) >= 11 is -1.58. The first kappa shape index (κ1) is 11.5. The van der Waals surface area contributed by atoms with Crippen LogP contribution in [0.4, 0.5) is 0 Å². The molecular weight excluding hydrogens is 197 g/mol. The van der Waals surface area contributed by atoms with Crippen molar-refractivity contribution in [1.82, 2.24) is 0 Å². The molecule has 0 aromatic rings. The molecule has 0 saturated carbocycles. The first-order valence-corrected chi connectivity index (χ1v) is 9.89. The Kier molecular flexibility index (Phi) is 6.37. The van der Waals surface area contributed by atoms with Crippen molar-refractivity contribution >= 4 is 13.8 Å². The van der Waals surface area contributed by atoms with Gasteiger partial charge in [0.25, 0.3) is 0 Å². The van der Waals surface area contributed by atoms with Crippen molar-refractivity contribution < 1.29 is 0 Å². The fraction of sp³-hybridized carbons (Fsp3) is 1.00. The molecule has 2 N–H and O–H groups in total. The normalized spacial score (nSPS) is 12.0. The molecule has 69 valence electrons. The summed E-state index contributed by atoms with van der Waals surface area (Å²) < 4.78 is 6.40. The van der Waals surface area contributed by atoms with Crippen LogP contribution in [0.5, 0.6) is 0 Å². The van der Waals surface area contributed by atoms with Crippen LogP contribution < -0.4 is 4.65 Å². The van der Waals surface area contributed by atoms with Gasteiger partial charge in [0.15, 0.2) is 0 Å². The molecule has 0 aliphatic carbocycles. The molecule has 1 radical (unpaired) electrons. The molecule has 0 aromatic heterocycles. The molecule has 0 atom stereocenters. The molecular formula is C9H23AsN. The van der Waals surface area contributed by atoms with Crippen molar-refractivity contribution in [3.8, 4) is 0 Å². The van der Waals surface area contributed by atoms with E-state index in [1.165, 1.54) is 34.9 Å². The van der Waals surface area contributed by atoms with Gasteiger partial charge in [-0.1, -0.05) is 0 Å². The third kappa shape index (κ3) is 4.87. The summed E-state index contributed by atoms with van der Waals surface area (Å²) in [5, 5.41) is 4.08.